The molecule has 2 aromatic rings. The van der Waals surface area contributed by atoms with E-state index in [1.807, 2.05) is 0 Å². The van der Waals surface area contributed by atoms with E-state index in [9.17, 15) is 0 Å². The average Bonchev–Trinajstić information content (AvgIpc) is 2.97. The van der Waals surface area contributed by atoms with E-state index in [0.29, 0.717) is 0 Å². The van der Waals surface area contributed by atoms with Gasteiger partial charge in [-0.25, -0.2) is 0 Å². The van der Waals surface area contributed by atoms with Gasteiger partial charge in [0.05, 0.1) is 0 Å². The Labute approximate surface area is 109 Å². The van der Waals surface area contributed by atoms with Crippen LogP contribution in [0.5, 0.6) is 0 Å². The summed E-state index contributed by atoms with van der Waals surface area (Å²) in [6.07, 6.45) is 5.76. The summed E-state index contributed by atoms with van der Waals surface area (Å²) in [5.74, 6) is 0. The lowest BCUT2D eigenvalue weighted by Gasteiger charge is -2.02. The molecule has 0 spiro atoms. The normalized spacial score (nSPS) is 15.3. The summed E-state index contributed by atoms with van der Waals surface area (Å²) in [6.45, 7) is 4.39. The lowest BCUT2D eigenvalue weighted by atomic mass is 10.0. The van der Waals surface area contributed by atoms with Crippen LogP contribution in [-0.2, 0) is 0 Å². The van der Waals surface area contributed by atoms with Crippen molar-refractivity contribution < 1.29 is 0 Å². The van der Waals surface area contributed by atoms with Crippen molar-refractivity contribution in [3.63, 3.8) is 0 Å². The van der Waals surface area contributed by atoms with Crippen LogP contribution >= 0.6 is 8.19 Å². The summed E-state index contributed by atoms with van der Waals surface area (Å²) in [5, 5.41) is 0. The van der Waals surface area contributed by atoms with Crippen molar-refractivity contribution >= 4 is 25.4 Å². The van der Waals surface area contributed by atoms with Crippen LogP contribution in [-0.4, -0.2) is 0 Å². The second-order valence-electron chi connectivity index (χ2n) is 4.60. The molecule has 90 valence electrons. The zero-order valence-corrected chi connectivity index (χ0v) is 11.8. The minimum Gasteiger partial charge on any atom is -0.124 e. The average molecular weight is 252 g/mol. The molecular weight excluding hydrogens is 235 g/mol. The number of hydrogen-bond acceptors (Lipinski definition) is 0. The number of allylic oxidation sites excluding steroid dienone is 1. The highest BCUT2D eigenvalue weighted by Crippen LogP contribution is 2.29. The predicted octanol–water partition coefficient (Wildman–Crippen LogP) is 3.52. The van der Waals surface area contributed by atoms with Crippen molar-refractivity contribution in [2.75, 3.05) is 0 Å². The molecule has 1 aromatic heterocycles. The van der Waals surface area contributed by atoms with Gasteiger partial charge in [-0.05, 0) is 52.7 Å². The van der Waals surface area contributed by atoms with Gasteiger partial charge < -0.3 is 0 Å². The van der Waals surface area contributed by atoms with Gasteiger partial charge >= 0.3 is 0 Å². The maximum absolute atomic E-state index is 2.38. The number of rotatable bonds is 2. The molecule has 1 aromatic carbocycles. The first-order valence-corrected chi connectivity index (χ1v) is 7.49. The van der Waals surface area contributed by atoms with E-state index in [0.717, 1.165) is 14.6 Å². The molecule has 0 saturated heterocycles. The molecular formula is C17H17P. The van der Waals surface area contributed by atoms with Gasteiger partial charge in [-0.1, -0.05) is 43.3 Å². The van der Waals surface area contributed by atoms with E-state index in [1.165, 1.54) is 27.2 Å². The van der Waals surface area contributed by atoms with Gasteiger partial charge in [0.1, 0.15) is 0 Å². The molecule has 18 heavy (non-hydrogen) atoms. The van der Waals surface area contributed by atoms with Gasteiger partial charge in [0.2, 0.25) is 0 Å². The molecule has 0 nitrogen and oxygen atoms in total. The zero-order valence-electron chi connectivity index (χ0n) is 10.8. The molecule has 0 bridgehead atoms. The first-order chi connectivity index (χ1) is 8.83. The molecule has 1 aliphatic carbocycles. The Morgan fingerprint density at radius 3 is 2.61 bits per heavy atom. The summed E-state index contributed by atoms with van der Waals surface area (Å²) in [7, 11) is 0.848. The molecule has 0 radical (unpaired) electrons. The summed E-state index contributed by atoms with van der Waals surface area (Å²) >= 11 is 0. The topological polar surface area (TPSA) is 0 Å². The van der Waals surface area contributed by atoms with Gasteiger partial charge in [-0.3, -0.25) is 0 Å². The van der Waals surface area contributed by atoms with Crippen LogP contribution in [0.4, 0.5) is 0 Å². The molecule has 3 rings (SSSR count). The van der Waals surface area contributed by atoms with Gasteiger partial charge in [0.15, 0.2) is 0 Å². The van der Waals surface area contributed by atoms with E-state index < -0.39 is 0 Å². The smallest absolute Gasteiger partial charge is 0.00259 e. The maximum atomic E-state index is 2.38. The third kappa shape index (κ3) is 1.78. The van der Waals surface area contributed by atoms with Gasteiger partial charge in [-0.15, -0.1) is 8.19 Å². The molecule has 1 unspecified atom stereocenters. The van der Waals surface area contributed by atoms with Gasteiger partial charge in [0, 0.05) is 4.95 Å². The molecule has 1 heterocycles. The molecule has 0 N–H and O–H groups in total. The molecule has 1 heteroatoms. The summed E-state index contributed by atoms with van der Waals surface area (Å²) in [4.78, 5) is 3.05. The fourth-order valence-corrected chi connectivity index (χ4v) is 3.96. The van der Waals surface area contributed by atoms with Gasteiger partial charge in [-0.2, -0.15) is 0 Å². The Morgan fingerprint density at radius 1 is 1.17 bits per heavy atom. The lowest BCUT2D eigenvalue weighted by Crippen LogP contribution is -1.97. The van der Waals surface area contributed by atoms with E-state index in [1.54, 1.807) is 4.95 Å². The monoisotopic (exact) mass is 252 g/mol. The molecule has 0 saturated carbocycles. The minimum atomic E-state index is 0.848. The largest absolute Gasteiger partial charge is 0.124 e. The molecule has 1 aliphatic rings. The number of fused-ring (bicyclic) bond motifs is 1. The Bertz CT molecular complexity index is 715. The van der Waals surface area contributed by atoms with Crippen LogP contribution in [0.25, 0.3) is 17.2 Å². The maximum Gasteiger partial charge on any atom is 0.00259 e. The van der Waals surface area contributed by atoms with Crippen molar-refractivity contribution in [1.82, 2.24) is 0 Å². The highest BCUT2D eigenvalue weighted by atomic mass is 31.0. The van der Waals surface area contributed by atoms with Crippen LogP contribution in [0.15, 0.2) is 42.5 Å². The van der Waals surface area contributed by atoms with E-state index in [2.05, 4.69) is 62.4 Å². The van der Waals surface area contributed by atoms with Crippen molar-refractivity contribution in [3.05, 3.63) is 63.5 Å². The fourth-order valence-electron chi connectivity index (χ4n) is 2.56. The van der Waals surface area contributed by atoms with Crippen LogP contribution in [0.3, 0.4) is 0 Å². The third-order valence-corrected chi connectivity index (χ3v) is 5.11. The zero-order chi connectivity index (χ0) is 12.5. The van der Waals surface area contributed by atoms with Gasteiger partial charge in [0.25, 0.3) is 0 Å². The Morgan fingerprint density at radius 2 is 1.94 bits per heavy atom. The second kappa shape index (κ2) is 4.63. The van der Waals surface area contributed by atoms with Crippen LogP contribution in [0, 0.1) is 0 Å². The SMILES string of the molecule is CC=c1cc2c([pH]1)=C(CC)C=C2c1ccccc1. The minimum absolute atomic E-state index is 0.848. The van der Waals surface area contributed by atoms with Crippen molar-refractivity contribution in [3.8, 4) is 0 Å². The first-order valence-electron chi connectivity index (χ1n) is 6.49. The highest BCUT2D eigenvalue weighted by Gasteiger charge is 2.15. The molecule has 0 aliphatic heterocycles. The second-order valence-corrected chi connectivity index (χ2v) is 5.93. The Hall–Kier alpha value is -1.52. The van der Waals surface area contributed by atoms with Crippen molar-refractivity contribution in [2.24, 2.45) is 0 Å². The predicted molar refractivity (Wildman–Crippen MR) is 82.6 cm³/mol. The molecule has 0 fully saturated rings. The summed E-state index contributed by atoms with van der Waals surface area (Å²) in [6, 6.07) is 13.1. The van der Waals surface area contributed by atoms with Crippen LogP contribution < -0.4 is 9.90 Å². The fraction of sp³-hybridized carbons (Fsp3) is 0.176. The summed E-state index contributed by atoms with van der Waals surface area (Å²) in [5.41, 5.74) is 5.73. The standard InChI is InChI=1S/C17H17P/c1-3-12-10-15(13-8-6-5-7-9-13)16-11-14(4-2)18-17(12)16/h4-11,18H,3H2,1-2H3. The van der Waals surface area contributed by atoms with Crippen LogP contribution in [0.2, 0.25) is 0 Å². The van der Waals surface area contributed by atoms with Crippen LogP contribution in [0.1, 0.15) is 31.4 Å². The summed E-state index contributed by atoms with van der Waals surface area (Å²) < 4.78 is 0. The van der Waals surface area contributed by atoms with E-state index >= 15 is 0 Å². The molecule has 1 atom stereocenters. The quantitative estimate of drug-likeness (QED) is 0.767. The lowest BCUT2D eigenvalue weighted by molar-refractivity contribution is 1.26. The Balaban J connectivity index is 2.22. The molecule has 0 amide bonds. The Kier molecular flexibility index (Phi) is 2.97. The first kappa shape index (κ1) is 11.6. The van der Waals surface area contributed by atoms with E-state index in [-0.39, 0.29) is 0 Å². The van der Waals surface area contributed by atoms with E-state index in [4.69, 9.17) is 0 Å². The third-order valence-electron chi connectivity index (χ3n) is 3.55. The van der Waals surface area contributed by atoms with Crippen molar-refractivity contribution in [1.29, 1.82) is 0 Å². The van der Waals surface area contributed by atoms with Crippen molar-refractivity contribution in [2.45, 2.75) is 20.3 Å². The highest BCUT2D eigenvalue weighted by molar-refractivity contribution is 7.28. The number of benzene rings is 1. The number of hydrogen-bond donors (Lipinski definition) is 0.